The van der Waals surface area contributed by atoms with Gasteiger partial charge in [-0.1, -0.05) is 38.5 Å². The van der Waals surface area contributed by atoms with Crippen molar-refractivity contribution < 1.29 is 23.9 Å². The Kier molecular flexibility index (Phi) is 14.5. The average molecular weight is 362 g/mol. The van der Waals surface area contributed by atoms with Gasteiger partial charge in [0, 0.05) is 6.42 Å². The van der Waals surface area contributed by atoms with Crippen LogP contribution in [0.2, 0.25) is 0 Å². The van der Waals surface area contributed by atoms with Crippen LogP contribution in [0, 0.1) is 0 Å². The van der Waals surface area contributed by atoms with E-state index in [9.17, 15) is 14.4 Å². The summed E-state index contributed by atoms with van der Waals surface area (Å²) < 4.78 is 9.11. The molecular formula is C17H31NO5S. The molecule has 1 amide bonds. The van der Waals surface area contributed by atoms with Gasteiger partial charge < -0.3 is 14.4 Å². The molecule has 0 unspecified atom stereocenters. The van der Waals surface area contributed by atoms with E-state index in [1.165, 1.54) is 51.2 Å². The van der Waals surface area contributed by atoms with Gasteiger partial charge in [0.1, 0.15) is 13.1 Å². The molecule has 0 spiro atoms. The van der Waals surface area contributed by atoms with Crippen LogP contribution in [0.25, 0.3) is 0 Å². The highest BCUT2D eigenvalue weighted by Crippen LogP contribution is 2.11. The van der Waals surface area contributed by atoms with Crippen LogP contribution in [0.3, 0.4) is 0 Å². The molecule has 0 N–H and O–H groups in total. The van der Waals surface area contributed by atoms with Crippen LogP contribution in [0.15, 0.2) is 0 Å². The topological polar surface area (TPSA) is 72.9 Å². The Balaban J connectivity index is 3.96. The fraction of sp³-hybridized carbons (Fsp3) is 0.824. The summed E-state index contributed by atoms with van der Waals surface area (Å²) in [6.45, 7) is -0.453. The predicted octanol–water partition coefficient (Wildman–Crippen LogP) is 2.60. The summed E-state index contributed by atoms with van der Waals surface area (Å²) in [7, 11) is 2.50. The molecule has 0 aliphatic rings. The van der Waals surface area contributed by atoms with E-state index in [1.54, 1.807) is 0 Å². The summed E-state index contributed by atoms with van der Waals surface area (Å²) in [5, 5.41) is 0. The van der Waals surface area contributed by atoms with Gasteiger partial charge in [-0.15, -0.1) is 0 Å². The normalized spacial score (nSPS) is 10.3. The third kappa shape index (κ3) is 12.2. The molecule has 0 bridgehead atoms. The number of nitrogens with zero attached hydrogens (tertiary/aromatic N) is 1. The summed E-state index contributed by atoms with van der Waals surface area (Å²) in [5.74, 6) is -0.364. The van der Waals surface area contributed by atoms with E-state index in [0.717, 1.165) is 25.0 Å². The van der Waals surface area contributed by atoms with Gasteiger partial charge in [0.05, 0.1) is 14.2 Å². The molecule has 0 saturated carbocycles. The molecule has 0 aromatic rings. The zero-order valence-corrected chi connectivity index (χ0v) is 15.8. The predicted molar refractivity (Wildman–Crippen MR) is 96.0 cm³/mol. The van der Waals surface area contributed by atoms with Gasteiger partial charge in [0.25, 0.3) is 0 Å². The van der Waals surface area contributed by atoms with E-state index in [0.29, 0.717) is 6.42 Å². The smallest absolute Gasteiger partial charge is 0.325 e. The number of rotatable bonds is 14. The Labute approximate surface area is 150 Å². The van der Waals surface area contributed by atoms with Crippen LogP contribution in [-0.2, 0) is 23.9 Å². The van der Waals surface area contributed by atoms with Crippen LogP contribution in [0.4, 0.5) is 0 Å². The lowest BCUT2D eigenvalue weighted by atomic mass is 10.1. The molecule has 0 aromatic carbocycles. The van der Waals surface area contributed by atoms with Crippen molar-refractivity contribution in [3.63, 3.8) is 0 Å². The highest BCUT2D eigenvalue weighted by Gasteiger charge is 2.20. The summed E-state index contributed by atoms with van der Waals surface area (Å²) in [6, 6.07) is 0. The molecule has 140 valence electrons. The van der Waals surface area contributed by atoms with E-state index >= 15 is 0 Å². The molecule has 0 heterocycles. The highest BCUT2D eigenvalue weighted by molar-refractivity contribution is 7.80. The van der Waals surface area contributed by atoms with Crippen molar-refractivity contribution in [1.29, 1.82) is 0 Å². The van der Waals surface area contributed by atoms with Crippen LogP contribution < -0.4 is 0 Å². The van der Waals surface area contributed by atoms with Gasteiger partial charge in [-0.2, -0.15) is 12.6 Å². The number of thiol groups is 1. The summed E-state index contributed by atoms with van der Waals surface area (Å²) in [4.78, 5) is 36.0. The van der Waals surface area contributed by atoms with Crippen molar-refractivity contribution in [3.8, 4) is 0 Å². The SMILES string of the molecule is COC(=O)CN(CC(=O)OC)C(=O)CCCCCCCCCCS. The van der Waals surface area contributed by atoms with Gasteiger partial charge in [0.2, 0.25) is 5.91 Å². The molecule has 24 heavy (non-hydrogen) atoms. The Morgan fingerprint density at radius 3 is 1.58 bits per heavy atom. The molecule has 0 fully saturated rings. The van der Waals surface area contributed by atoms with Gasteiger partial charge in [-0.05, 0) is 18.6 Å². The maximum absolute atomic E-state index is 12.2. The Hall–Kier alpha value is -1.24. The maximum atomic E-state index is 12.2. The number of hydrogen-bond acceptors (Lipinski definition) is 6. The lowest BCUT2D eigenvalue weighted by Crippen LogP contribution is -2.40. The maximum Gasteiger partial charge on any atom is 0.325 e. The van der Waals surface area contributed by atoms with E-state index in [1.807, 2.05) is 0 Å². The molecule has 0 aliphatic carbocycles. The van der Waals surface area contributed by atoms with Gasteiger partial charge in [-0.3, -0.25) is 14.4 Å². The van der Waals surface area contributed by atoms with E-state index in [2.05, 4.69) is 22.1 Å². The second-order valence-electron chi connectivity index (χ2n) is 5.70. The third-order valence-electron chi connectivity index (χ3n) is 3.75. The minimum atomic E-state index is -0.548. The molecular weight excluding hydrogens is 330 g/mol. The molecule has 0 saturated heterocycles. The Morgan fingerprint density at radius 1 is 0.750 bits per heavy atom. The van der Waals surface area contributed by atoms with E-state index in [-0.39, 0.29) is 19.0 Å². The largest absolute Gasteiger partial charge is 0.468 e. The third-order valence-corrected chi connectivity index (χ3v) is 4.06. The molecule has 0 atom stereocenters. The fourth-order valence-electron chi connectivity index (χ4n) is 2.28. The van der Waals surface area contributed by atoms with E-state index < -0.39 is 11.9 Å². The number of amides is 1. The number of unbranched alkanes of at least 4 members (excludes halogenated alkanes) is 7. The first-order valence-corrected chi connectivity index (χ1v) is 9.20. The summed E-state index contributed by atoms with van der Waals surface area (Å²) in [6.07, 6.45) is 9.21. The first kappa shape index (κ1) is 22.8. The van der Waals surface area contributed by atoms with Crippen LogP contribution in [0.1, 0.15) is 57.8 Å². The number of carbonyl (C=O) groups is 3. The van der Waals surface area contributed by atoms with Crippen LogP contribution in [0.5, 0.6) is 0 Å². The molecule has 0 aromatic heterocycles. The summed E-state index contributed by atoms with van der Waals surface area (Å²) in [5.41, 5.74) is 0. The molecule has 0 aliphatic heterocycles. The number of carbonyl (C=O) groups excluding carboxylic acids is 3. The average Bonchev–Trinajstić information content (AvgIpc) is 2.59. The first-order chi connectivity index (χ1) is 11.5. The number of hydrogen-bond donors (Lipinski definition) is 1. The van der Waals surface area contributed by atoms with Crippen molar-refractivity contribution in [3.05, 3.63) is 0 Å². The highest BCUT2D eigenvalue weighted by atomic mass is 32.1. The van der Waals surface area contributed by atoms with Crippen molar-refractivity contribution >= 4 is 30.5 Å². The zero-order valence-electron chi connectivity index (χ0n) is 14.9. The molecule has 6 nitrogen and oxygen atoms in total. The number of esters is 2. The van der Waals surface area contributed by atoms with Crippen molar-refractivity contribution in [2.45, 2.75) is 57.8 Å². The Bertz CT molecular complexity index is 358. The minimum Gasteiger partial charge on any atom is -0.468 e. The number of methoxy groups -OCH3 is 2. The standard InChI is InChI=1S/C17H31NO5S/c1-22-16(20)13-18(14-17(21)23-2)15(19)11-9-7-5-3-4-6-8-10-12-24/h24H,3-14H2,1-2H3. The second-order valence-corrected chi connectivity index (χ2v) is 6.15. The first-order valence-electron chi connectivity index (χ1n) is 8.57. The summed E-state index contributed by atoms with van der Waals surface area (Å²) >= 11 is 4.19. The second kappa shape index (κ2) is 15.3. The Morgan fingerprint density at radius 2 is 1.17 bits per heavy atom. The monoisotopic (exact) mass is 361 g/mol. The van der Waals surface area contributed by atoms with Crippen molar-refractivity contribution in [2.24, 2.45) is 0 Å². The molecule has 7 heteroatoms. The lowest BCUT2D eigenvalue weighted by Gasteiger charge is -2.20. The molecule has 0 radical (unpaired) electrons. The fourth-order valence-corrected chi connectivity index (χ4v) is 2.50. The van der Waals surface area contributed by atoms with Crippen molar-refractivity contribution in [2.75, 3.05) is 33.1 Å². The van der Waals surface area contributed by atoms with Crippen molar-refractivity contribution in [1.82, 2.24) is 4.90 Å². The minimum absolute atomic E-state index is 0.223. The lowest BCUT2D eigenvalue weighted by molar-refractivity contribution is -0.152. The van der Waals surface area contributed by atoms with Gasteiger partial charge in [-0.25, -0.2) is 0 Å². The zero-order chi connectivity index (χ0) is 18.2. The van der Waals surface area contributed by atoms with Gasteiger partial charge >= 0.3 is 11.9 Å². The molecule has 0 rings (SSSR count). The van der Waals surface area contributed by atoms with Crippen LogP contribution in [-0.4, -0.2) is 55.8 Å². The van der Waals surface area contributed by atoms with E-state index in [4.69, 9.17) is 0 Å². The number of ether oxygens (including phenoxy) is 2. The quantitative estimate of drug-likeness (QED) is 0.292. The van der Waals surface area contributed by atoms with Crippen LogP contribution >= 0.6 is 12.6 Å². The van der Waals surface area contributed by atoms with Gasteiger partial charge in [0.15, 0.2) is 0 Å².